The van der Waals surface area contributed by atoms with Gasteiger partial charge in [-0.2, -0.15) is 11.3 Å². The van der Waals surface area contributed by atoms with Gasteiger partial charge >= 0.3 is 58.4 Å². The molecule has 0 radical (unpaired) electrons. The van der Waals surface area contributed by atoms with E-state index in [9.17, 15) is 12.9 Å². The molecule has 0 bridgehead atoms. The summed E-state index contributed by atoms with van der Waals surface area (Å²) in [5.74, 6) is 0. The summed E-state index contributed by atoms with van der Waals surface area (Å²) in [6.45, 7) is -3.30. The summed E-state index contributed by atoms with van der Waals surface area (Å²) < 4.78 is 35.9. The van der Waals surface area contributed by atoms with Crippen LogP contribution >= 0.6 is 11.3 Å². The molecule has 11 heavy (non-hydrogen) atoms. The maximum atomic E-state index is 12.0. The van der Waals surface area contributed by atoms with Crippen LogP contribution < -0.4 is 56.8 Å². The number of hydrogen-bond donors (Lipinski definition) is 0. The SMILES string of the molecule is Cc1sccc1[B-](F)(F)F.[K+]. The monoisotopic (exact) mass is 204 g/mol. The van der Waals surface area contributed by atoms with Crippen molar-refractivity contribution in [1.82, 2.24) is 0 Å². The minimum atomic E-state index is -4.78. The van der Waals surface area contributed by atoms with Crippen LogP contribution in [0.1, 0.15) is 4.88 Å². The standard InChI is InChI=1S/C5H5BF3S.K/c1-4-5(2-3-10-4)6(7,8)9;/h2-3H,1H3;/q-1;+1. The average molecular weight is 204 g/mol. The third-order valence-electron chi connectivity index (χ3n) is 1.25. The third-order valence-corrected chi connectivity index (χ3v) is 2.11. The molecule has 1 aromatic rings. The van der Waals surface area contributed by atoms with E-state index in [2.05, 4.69) is 0 Å². The van der Waals surface area contributed by atoms with Crippen molar-refractivity contribution in [3.63, 3.8) is 0 Å². The van der Waals surface area contributed by atoms with E-state index >= 15 is 0 Å². The molecule has 0 aliphatic carbocycles. The summed E-state index contributed by atoms with van der Waals surface area (Å²) in [6.07, 6.45) is 0. The van der Waals surface area contributed by atoms with Gasteiger partial charge in [-0.05, 0) is 17.2 Å². The predicted octanol–water partition coefficient (Wildman–Crippen LogP) is -0.885. The fourth-order valence-corrected chi connectivity index (χ4v) is 1.49. The molecular weight excluding hydrogens is 199 g/mol. The molecule has 0 saturated carbocycles. The third kappa shape index (κ3) is 3.20. The van der Waals surface area contributed by atoms with E-state index in [4.69, 9.17) is 0 Å². The largest absolute Gasteiger partial charge is 1.00 e. The molecule has 1 heterocycles. The molecule has 0 aromatic carbocycles. The van der Waals surface area contributed by atoms with Crippen LogP contribution in [0, 0.1) is 6.92 Å². The molecule has 0 aliphatic heterocycles. The summed E-state index contributed by atoms with van der Waals surface area (Å²) >= 11 is 1.13. The van der Waals surface area contributed by atoms with Crippen LogP contribution in [-0.2, 0) is 0 Å². The van der Waals surface area contributed by atoms with Gasteiger partial charge in [-0.3, -0.25) is 0 Å². The van der Waals surface area contributed by atoms with Crippen LogP contribution in [0.2, 0.25) is 0 Å². The van der Waals surface area contributed by atoms with E-state index in [-0.39, 0.29) is 51.4 Å². The number of thiophene rings is 1. The Labute approximate surface area is 110 Å². The summed E-state index contributed by atoms with van der Waals surface area (Å²) in [6, 6.07) is 1.12. The van der Waals surface area contributed by atoms with E-state index < -0.39 is 12.4 Å². The van der Waals surface area contributed by atoms with Gasteiger partial charge in [0.2, 0.25) is 0 Å². The molecule has 0 spiro atoms. The van der Waals surface area contributed by atoms with Crippen molar-refractivity contribution < 1.29 is 64.3 Å². The average Bonchev–Trinajstić information content (AvgIpc) is 2.11. The van der Waals surface area contributed by atoms with Crippen LogP contribution in [0.4, 0.5) is 12.9 Å². The quantitative estimate of drug-likeness (QED) is 0.521. The van der Waals surface area contributed by atoms with Gasteiger partial charge in [0, 0.05) is 0 Å². The number of aryl methyl sites for hydroxylation is 1. The van der Waals surface area contributed by atoms with E-state index in [1.165, 1.54) is 12.3 Å². The first-order chi connectivity index (χ1) is 4.52. The topological polar surface area (TPSA) is 0 Å². The Kier molecular flexibility index (Phi) is 4.91. The normalized spacial score (nSPS) is 10.9. The second-order valence-electron chi connectivity index (χ2n) is 2.01. The van der Waals surface area contributed by atoms with Crippen LogP contribution in [0.25, 0.3) is 0 Å². The minimum absolute atomic E-state index is 0. The van der Waals surface area contributed by atoms with Crippen molar-refractivity contribution in [2.75, 3.05) is 0 Å². The Balaban J connectivity index is 0.000001000. The zero-order valence-corrected chi connectivity index (χ0v) is 10.2. The Hall–Kier alpha value is 1.19. The van der Waals surface area contributed by atoms with Gasteiger partial charge in [0.15, 0.2) is 0 Å². The zero-order valence-electron chi connectivity index (χ0n) is 6.27. The van der Waals surface area contributed by atoms with Crippen LogP contribution in [0.3, 0.4) is 0 Å². The van der Waals surface area contributed by atoms with E-state index in [0.717, 1.165) is 17.4 Å². The smallest absolute Gasteiger partial charge is 0.445 e. The van der Waals surface area contributed by atoms with Crippen molar-refractivity contribution in [1.29, 1.82) is 0 Å². The number of halogens is 3. The van der Waals surface area contributed by atoms with Gasteiger partial charge < -0.3 is 12.9 Å². The summed E-state index contributed by atoms with van der Waals surface area (Å²) in [4.78, 5) is 0.354. The molecule has 0 nitrogen and oxygen atoms in total. The molecule has 6 heteroatoms. The van der Waals surface area contributed by atoms with Crippen molar-refractivity contribution in [3.05, 3.63) is 16.3 Å². The molecular formula is C5H5BF3KS. The number of hydrogen-bond acceptors (Lipinski definition) is 1. The van der Waals surface area contributed by atoms with Gasteiger partial charge in [0.1, 0.15) is 0 Å². The fourth-order valence-electron chi connectivity index (χ4n) is 0.734. The van der Waals surface area contributed by atoms with Gasteiger partial charge in [0.25, 0.3) is 0 Å². The maximum absolute atomic E-state index is 12.0. The molecule has 1 rings (SSSR count). The Morgan fingerprint density at radius 1 is 1.36 bits per heavy atom. The Morgan fingerprint density at radius 3 is 2.09 bits per heavy atom. The molecule has 1 aromatic heterocycles. The Bertz CT molecular complexity index is 232. The second-order valence-corrected chi connectivity index (χ2v) is 3.13. The predicted molar refractivity (Wildman–Crippen MR) is 37.8 cm³/mol. The van der Waals surface area contributed by atoms with Crippen LogP contribution in [-0.4, -0.2) is 6.98 Å². The molecule has 0 saturated heterocycles. The van der Waals surface area contributed by atoms with Gasteiger partial charge in [0.05, 0.1) is 0 Å². The summed E-state index contributed by atoms with van der Waals surface area (Å²) in [5, 5.41) is 1.46. The minimum Gasteiger partial charge on any atom is -0.445 e. The van der Waals surface area contributed by atoms with E-state index in [1.54, 1.807) is 0 Å². The van der Waals surface area contributed by atoms with E-state index in [1.807, 2.05) is 0 Å². The van der Waals surface area contributed by atoms with Crippen molar-refractivity contribution in [3.8, 4) is 0 Å². The van der Waals surface area contributed by atoms with E-state index in [0.29, 0.717) is 4.88 Å². The second kappa shape index (κ2) is 4.43. The van der Waals surface area contributed by atoms with Gasteiger partial charge in [-0.1, -0.05) is 11.5 Å². The molecule has 0 amide bonds. The summed E-state index contributed by atoms with van der Waals surface area (Å²) in [7, 11) is 0. The van der Waals surface area contributed by atoms with Crippen molar-refractivity contribution in [2.24, 2.45) is 0 Å². The molecule has 0 N–H and O–H groups in total. The molecule has 0 aliphatic rings. The van der Waals surface area contributed by atoms with Crippen LogP contribution in [0.15, 0.2) is 11.4 Å². The fraction of sp³-hybridized carbons (Fsp3) is 0.200. The van der Waals surface area contributed by atoms with Crippen LogP contribution in [0.5, 0.6) is 0 Å². The summed E-state index contributed by atoms with van der Waals surface area (Å²) in [5.41, 5.74) is -0.454. The van der Waals surface area contributed by atoms with Gasteiger partial charge in [-0.25, -0.2) is 0 Å². The first-order valence-corrected chi connectivity index (χ1v) is 3.63. The zero-order chi connectivity index (χ0) is 7.78. The first-order valence-electron chi connectivity index (χ1n) is 2.76. The molecule has 0 unspecified atom stereocenters. The number of rotatable bonds is 1. The van der Waals surface area contributed by atoms with Gasteiger partial charge in [-0.15, -0.1) is 0 Å². The molecule has 0 atom stereocenters. The van der Waals surface area contributed by atoms with Crippen molar-refractivity contribution in [2.45, 2.75) is 6.92 Å². The first kappa shape index (κ1) is 12.2. The Morgan fingerprint density at radius 2 is 1.91 bits per heavy atom. The maximum Gasteiger partial charge on any atom is 1.00 e. The molecule has 0 fully saturated rings. The molecule has 56 valence electrons. The van der Waals surface area contributed by atoms with Crippen molar-refractivity contribution >= 4 is 23.8 Å².